The monoisotopic (exact) mass is 233 g/mol. The highest BCUT2D eigenvalue weighted by molar-refractivity contribution is 5.76. The molecule has 2 heterocycles. The molecule has 0 aromatic carbocycles. The standard InChI is InChI=1S/C13H19N3O/c1-11-8-14-7-5-13(17)16(9-11)10-12-4-2-3-6-15-12/h2-4,6,11,14H,5,7-10H2,1H3. The third-order valence-corrected chi connectivity index (χ3v) is 2.97. The number of amides is 1. The van der Waals surface area contributed by atoms with E-state index in [-0.39, 0.29) is 5.91 Å². The zero-order valence-corrected chi connectivity index (χ0v) is 10.2. The smallest absolute Gasteiger partial charge is 0.224 e. The van der Waals surface area contributed by atoms with Crippen molar-refractivity contribution in [3.8, 4) is 0 Å². The maximum Gasteiger partial charge on any atom is 0.224 e. The fourth-order valence-electron chi connectivity index (χ4n) is 2.08. The summed E-state index contributed by atoms with van der Waals surface area (Å²) in [7, 11) is 0. The van der Waals surface area contributed by atoms with Crippen molar-refractivity contribution in [3.05, 3.63) is 30.1 Å². The molecule has 0 saturated carbocycles. The van der Waals surface area contributed by atoms with E-state index in [1.165, 1.54) is 0 Å². The molecule has 1 amide bonds. The summed E-state index contributed by atoms with van der Waals surface area (Å²) >= 11 is 0. The molecule has 17 heavy (non-hydrogen) atoms. The van der Waals surface area contributed by atoms with Crippen LogP contribution < -0.4 is 5.32 Å². The molecular formula is C13H19N3O. The summed E-state index contributed by atoms with van der Waals surface area (Å²) in [5.41, 5.74) is 0.960. The molecule has 0 bridgehead atoms. The van der Waals surface area contributed by atoms with Crippen molar-refractivity contribution in [2.24, 2.45) is 5.92 Å². The van der Waals surface area contributed by atoms with Crippen molar-refractivity contribution >= 4 is 5.91 Å². The molecule has 0 radical (unpaired) electrons. The highest BCUT2D eigenvalue weighted by Gasteiger charge is 2.19. The van der Waals surface area contributed by atoms with Crippen molar-refractivity contribution in [2.75, 3.05) is 19.6 Å². The van der Waals surface area contributed by atoms with Crippen LogP contribution in [0.2, 0.25) is 0 Å². The van der Waals surface area contributed by atoms with Gasteiger partial charge in [-0.15, -0.1) is 0 Å². The first kappa shape index (κ1) is 12.0. The highest BCUT2D eigenvalue weighted by Crippen LogP contribution is 2.09. The van der Waals surface area contributed by atoms with E-state index in [0.717, 1.165) is 25.3 Å². The summed E-state index contributed by atoms with van der Waals surface area (Å²) in [6, 6.07) is 5.82. The van der Waals surface area contributed by atoms with E-state index in [0.29, 0.717) is 18.9 Å². The van der Waals surface area contributed by atoms with Crippen LogP contribution in [0.1, 0.15) is 19.0 Å². The van der Waals surface area contributed by atoms with Gasteiger partial charge in [-0.3, -0.25) is 9.78 Å². The van der Waals surface area contributed by atoms with Gasteiger partial charge in [0.25, 0.3) is 0 Å². The second-order valence-electron chi connectivity index (χ2n) is 4.65. The third-order valence-electron chi connectivity index (χ3n) is 2.97. The SMILES string of the molecule is CC1CNCCC(=O)N(Cc2ccccn2)C1. The first-order valence-electron chi connectivity index (χ1n) is 6.14. The number of nitrogens with one attached hydrogen (secondary N) is 1. The van der Waals surface area contributed by atoms with Crippen LogP contribution in [0.25, 0.3) is 0 Å². The first-order valence-corrected chi connectivity index (χ1v) is 6.14. The Morgan fingerprint density at radius 1 is 1.53 bits per heavy atom. The largest absolute Gasteiger partial charge is 0.336 e. The maximum atomic E-state index is 12.0. The van der Waals surface area contributed by atoms with Gasteiger partial charge in [0.1, 0.15) is 0 Å². The van der Waals surface area contributed by atoms with Crippen LogP contribution in [0.5, 0.6) is 0 Å². The molecule has 1 saturated heterocycles. The Kier molecular flexibility index (Phi) is 4.09. The summed E-state index contributed by atoms with van der Waals surface area (Å²) in [5.74, 6) is 0.706. The second-order valence-corrected chi connectivity index (χ2v) is 4.65. The Morgan fingerprint density at radius 2 is 2.41 bits per heavy atom. The van der Waals surface area contributed by atoms with Crippen molar-refractivity contribution in [1.29, 1.82) is 0 Å². The molecule has 1 aromatic heterocycles. The zero-order chi connectivity index (χ0) is 12.1. The topological polar surface area (TPSA) is 45.2 Å². The average Bonchev–Trinajstić information content (AvgIpc) is 2.33. The lowest BCUT2D eigenvalue weighted by Crippen LogP contribution is -2.41. The summed E-state index contributed by atoms with van der Waals surface area (Å²) in [6.07, 6.45) is 2.36. The summed E-state index contributed by atoms with van der Waals surface area (Å²) < 4.78 is 0. The number of hydrogen-bond acceptors (Lipinski definition) is 3. The van der Waals surface area contributed by atoms with E-state index in [2.05, 4.69) is 17.2 Å². The van der Waals surface area contributed by atoms with Crippen molar-refractivity contribution < 1.29 is 4.79 Å². The fourth-order valence-corrected chi connectivity index (χ4v) is 2.08. The minimum Gasteiger partial charge on any atom is -0.336 e. The fraction of sp³-hybridized carbons (Fsp3) is 0.538. The van der Waals surface area contributed by atoms with Gasteiger partial charge in [0.05, 0.1) is 12.2 Å². The Bertz CT molecular complexity index is 366. The molecule has 1 aliphatic heterocycles. The average molecular weight is 233 g/mol. The number of rotatable bonds is 2. The van der Waals surface area contributed by atoms with Crippen LogP contribution in [0.4, 0.5) is 0 Å². The molecule has 1 N–H and O–H groups in total. The van der Waals surface area contributed by atoms with Gasteiger partial charge >= 0.3 is 0 Å². The van der Waals surface area contributed by atoms with E-state index >= 15 is 0 Å². The van der Waals surface area contributed by atoms with E-state index < -0.39 is 0 Å². The minimum absolute atomic E-state index is 0.217. The summed E-state index contributed by atoms with van der Waals surface area (Å²) in [6.45, 7) is 5.36. The van der Waals surface area contributed by atoms with Gasteiger partial charge < -0.3 is 10.2 Å². The third kappa shape index (κ3) is 3.53. The van der Waals surface area contributed by atoms with Crippen LogP contribution >= 0.6 is 0 Å². The quantitative estimate of drug-likeness (QED) is 0.830. The molecule has 2 rings (SSSR count). The number of carbonyl (C=O) groups excluding carboxylic acids is 1. The van der Waals surface area contributed by atoms with Gasteiger partial charge in [-0.1, -0.05) is 13.0 Å². The zero-order valence-electron chi connectivity index (χ0n) is 10.2. The van der Waals surface area contributed by atoms with Gasteiger partial charge in [0.15, 0.2) is 0 Å². The van der Waals surface area contributed by atoms with Gasteiger partial charge in [-0.05, 0) is 24.6 Å². The van der Waals surface area contributed by atoms with Gasteiger partial charge in [0, 0.05) is 25.7 Å². The molecule has 0 aliphatic carbocycles. The van der Waals surface area contributed by atoms with E-state index in [1.807, 2.05) is 23.1 Å². The number of nitrogens with zero attached hydrogens (tertiary/aromatic N) is 2. The first-order chi connectivity index (χ1) is 8.25. The molecule has 0 spiro atoms. The van der Waals surface area contributed by atoms with E-state index in [9.17, 15) is 4.79 Å². The molecule has 4 heteroatoms. The number of pyridine rings is 1. The highest BCUT2D eigenvalue weighted by atomic mass is 16.2. The van der Waals surface area contributed by atoms with E-state index in [1.54, 1.807) is 6.20 Å². The Balaban J connectivity index is 2.03. The normalized spacial score (nSPS) is 22.1. The Hall–Kier alpha value is -1.42. The lowest BCUT2D eigenvalue weighted by molar-refractivity contribution is -0.132. The summed E-state index contributed by atoms with van der Waals surface area (Å²) in [5, 5.41) is 3.29. The Labute approximate surface area is 102 Å². The van der Waals surface area contributed by atoms with Crippen molar-refractivity contribution in [3.63, 3.8) is 0 Å². The van der Waals surface area contributed by atoms with Crippen LogP contribution in [0.3, 0.4) is 0 Å². The predicted octanol–water partition coefficient (Wildman–Crippen LogP) is 1.04. The lowest BCUT2D eigenvalue weighted by atomic mass is 10.1. The molecule has 4 nitrogen and oxygen atoms in total. The second kappa shape index (κ2) is 5.77. The van der Waals surface area contributed by atoms with Crippen LogP contribution in [0.15, 0.2) is 24.4 Å². The number of hydrogen-bond donors (Lipinski definition) is 1. The molecule has 1 fully saturated rings. The van der Waals surface area contributed by atoms with E-state index in [4.69, 9.17) is 0 Å². The van der Waals surface area contributed by atoms with Crippen molar-refractivity contribution in [2.45, 2.75) is 19.9 Å². The van der Waals surface area contributed by atoms with Crippen LogP contribution in [-0.4, -0.2) is 35.4 Å². The Morgan fingerprint density at radius 3 is 3.18 bits per heavy atom. The molecule has 92 valence electrons. The number of aromatic nitrogens is 1. The molecular weight excluding hydrogens is 214 g/mol. The van der Waals surface area contributed by atoms with Gasteiger partial charge in [-0.25, -0.2) is 0 Å². The molecule has 1 aliphatic rings. The number of carbonyl (C=O) groups is 1. The minimum atomic E-state index is 0.217. The lowest BCUT2D eigenvalue weighted by Gasteiger charge is -2.28. The molecule has 1 atom stereocenters. The molecule has 1 unspecified atom stereocenters. The predicted molar refractivity (Wildman–Crippen MR) is 66.3 cm³/mol. The van der Waals surface area contributed by atoms with Gasteiger partial charge in [-0.2, -0.15) is 0 Å². The maximum absolute atomic E-state index is 12.0. The van der Waals surface area contributed by atoms with Crippen LogP contribution in [-0.2, 0) is 11.3 Å². The van der Waals surface area contributed by atoms with Crippen molar-refractivity contribution in [1.82, 2.24) is 15.2 Å². The molecule has 1 aromatic rings. The summed E-state index contributed by atoms with van der Waals surface area (Å²) in [4.78, 5) is 18.2. The van der Waals surface area contributed by atoms with Crippen LogP contribution in [0, 0.1) is 5.92 Å². The van der Waals surface area contributed by atoms with Gasteiger partial charge in [0.2, 0.25) is 5.91 Å².